The Balaban J connectivity index is 4.64. The molecule has 0 radical (unpaired) electrons. The number of aliphatic hydroxyl groups excluding tert-OH is 2. The van der Waals surface area contributed by atoms with E-state index in [1.54, 1.807) is 0 Å². The molecule has 3 N–H and O–H groups in total. The lowest BCUT2D eigenvalue weighted by Crippen LogP contribution is -2.46. The van der Waals surface area contributed by atoms with Crippen LogP contribution in [0.15, 0.2) is 60.8 Å². The summed E-state index contributed by atoms with van der Waals surface area (Å²) in [5.74, 6) is -0.607. The molecule has 0 aromatic heterocycles. The summed E-state index contributed by atoms with van der Waals surface area (Å²) in [5.41, 5.74) is 0. The highest BCUT2D eigenvalue weighted by Gasteiger charge is 2.23. The van der Waals surface area contributed by atoms with Crippen molar-refractivity contribution < 1.29 is 24.5 Å². The van der Waals surface area contributed by atoms with Gasteiger partial charge in [-0.1, -0.05) is 242 Å². The van der Waals surface area contributed by atoms with Crippen molar-refractivity contribution in [2.45, 2.75) is 238 Å². The van der Waals surface area contributed by atoms with Crippen LogP contribution in [0.2, 0.25) is 0 Å². The minimum atomic E-state index is -0.816. The maximum absolute atomic E-state index is 13.1. The molecule has 0 aliphatic carbocycles. The fraction of sp³-hybridized carbons (Fsp3) is 0.760. The molecule has 0 heterocycles. The molecule has 0 aliphatic heterocycles. The Kier molecular flexibility index (Phi) is 41.8. The fourth-order valence-corrected chi connectivity index (χ4v) is 6.92. The van der Waals surface area contributed by atoms with E-state index in [-0.39, 0.29) is 24.9 Å². The van der Waals surface area contributed by atoms with Crippen LogP contribution in [0.1, 0.15) is 220 Å². The number of hydrogen-bond acceptors (Lipinski definition) is 5. The highest BCUT2D eigenvalue weighted by molar-refractivity contribution is 5.77. The summed E-state index contributed by atoms with van der Waals surface area (Å²) < 4.78 is 5.81. The molecule has 324 valence electrons. The van der Waals surface area contributed by atoms with E-state index >= 15 is 0 Å². The largest absolute Gasteiger partial charge is 0.461 e. The topological polar surface area (TPSA) is 95.9 Å². The van der Waals surface area contributed by atoms with Gasteiger partial charge in [-0.15, -0.1) is 0 Å². The van der Waals surface area contributed by atoms with Crippen molar-refractivity contribution in [2.75, 3.05) is 6.61 Å². The van der Waals surface area contributed by atoms with Crippen LogP contribution in [-0.4, -0.2) is 46.9 Å². The maximum atomic E-state index is 13.1. The Hall–Kier alpha value is -2.44. The van der Waals surface area contributed by atoms with Gasteiger partial charge in [0.25, 0.3) is 0 Å². The third-order valence-corrected chi connectivity index (χ3v) is 10.5. The number of hydrogen-bond donors (Lipinski definition) is 3. The van der Waals surface area contributed by atoms with E-state index in [1.807, 2.05) is 54.7 Å². The fourth-order valence-electron chi connectivity index (χ4n) is 6.92. The Bertz CT molecular complexity index is 1010. The lowest BCUT2D eigenvalue weighted by atomic mass is 10.0. The van der Waals surface area contributed by atoms with Crippen molar-refractivity contribution in [3.05, 3.63) is 60.8 Å². The number of carbonyl (C=O) groups excluding carboxylic acids is 2. The van der Waals surface area contributed by atoms with Crippen molar-refractivity contribution in [3.8, 4) is 0 Å². The molecule has 0 fully saturated rings. The summed E-state index contributed by atoms with van der Waals surface area (Å²) in [6, 6.07) is -0.737. The van der Waals surface area contributed by atoms with Gasteiger partial charge in [0.05, 0.1) is 25.2 Å². The van der Waals surface area contributed by atoms with Crippen molar-refractivity contribution in [2.24, 2.45) is 0 Å². The first-order valence-corrected chi connectivity index (χ1v) is 23.6. The molecule has 3 atom stereocenters. The summed E-state index contributed by atoms with van der Waals surface area (Å²) >= 11 is 0. The minimum absolute atomic E-state index is 0.0177. The molecular formula is C50H89NO5. The van der Waals surface area contributed by atoms with E-state index in [2.05, 4.69) is 32.2 Å². The van der Waals surface area contributed by atoms with Gasteiger partial charge in [-0.25, -0.2) is 0 Å². The maximum Gasteiger partial charge on any atom is 0.306 e. The van der Waals surface area contributed by atoms with Crippen LogP contribution in [0.5, 0.6) is 0 Å². The normalized spacial score (nSPS) is 13.9. The summed E-state index contributed by atoms with van der Waals surface area (Å²) in [4.78, 5) is 25.9. The lowest BCUT2D eigenvalue weighted by molar-refractivity contribution is -0.150. The van der Waals surface area contributed by atoms with Crippen LogP contribution in [0, 0.1) is 0 Å². The summed E-state index contributed by atoms with van der Waals surface area (Å²) in [6.45, 7) is 6.28. The number of nitrogens with one attached hydrogen (secondary N) is 1. The molecular weight excluding hydrogens is 695 g/mol. The van der Waals surface area contributed by atoms with Crippen LogP contribution in [0.4, 0.5) is 0 Å². The summed E-state index contributed by atoms with van der Waals surface area (Å²) in [6.07, 6.45) is 53.1. The number of aliphatic hydroxyl groups is 2. The van der Waals surface area contributed by atoms with Crippen molar-refractivity contribution in [3.63, 3.8) is 0 Å². The second-order valence-corrected chi connectivity index (χ2v) is 15.9. The van der Waals surface area contributed by atoms with Crippen molar-refractivity contribution in [1.82, 2.24) is 5.32 Å². The van der Waals surface area contributed by atoms with Gasteiger partial charge >= 0.3 is 5.97 Å². The van der Waals surface area contributed by atoms with E-state index in [0.29, 0.717) is 19.3 Å². The number of allylic oxidation sites excluding steroid dienone is 9. The minimum Gasteiger partial charge on any atom is -0.461 e. The Labute approximate surface area is 346 Å². The van der Waals surface area contributed by atoms with Crippen LogP contribution in [-0.2, 0) is 14.3 Å². The zero-order valence-corrected chi connectivity index (χ0v) is 36.8. The number of unbranched alkanes of at least 4 members (excludes halogenated alkanes) is 24. The summed E-state index contributed by atoms with van der Waals surface area (Å²) in [7, 11) is 0. The SMILES string of the molecule is CC/C=C/C=C/C=C\C=C/C=C/CC(CC(=O)NC(CO)C(O)CCCCCCCCCCCCCCCCC)OC(=O)CCCCCCCCCCCCC. The van der Waals surface area contributed by atoms with Gasteiger partial charge in [0, 0.05) is 12.8 Å². The molecule has 6 heteroatoms. The number of carbonyl (C=O) groups is 2. The molecule has 0 aliphatic rings. The molecule has 0 aromatic carbocycles. The van der Waals surface area contributed by atoms with Gasteiger partial charge in [0.15, 0.2) is 0 Å². The first kappa shape index (κ1) is 53.6. The van der Waals surface area contributed by atoms with Gasteiger partial charge in [0.2, 0.25) is 5.91 Å². The number of amides is 1. The molecule has 0 saturated heterocycles. The number of esters is 1. The zero-order chi connectivity index (χ0) is 41.0. The van der Waals surface area contributed by atoms with E-state index < -0.39 is 18.2 Å². The van der Waals surface area contributed by atoms with Gasteiger partial charge in [0.1, 0.15) is 6.10 Å². The van der Waals surface area contributed by atoms with Crippen LogP contribution < -0.4 is 5.32 Å². The predicted molar refractivity (Wildman–Crippen MR) is 241 cm³/mol. The standard InChI is InChI=1S/C50H89NO5/c1-4-7-10-13-16-19-22-23-24-25-28-30-33-36-39-42-48(53)47(45-52)51-49(54)44-46(41-38-35-32-29-26-20-17-14-11-8-5-2)56-50(55)43-40-37-34-31-27-21-18-15-12-9-6-3/h8,11,14,17,20,26,29,32,35,38,46-48,52-53H,4-7,9-10,12-13,15-16,18-19,21-25,27-28,30-31,33-34,36-37,39-45H2,1-3H3,(H,51,54)/b11-8+,17-14+,26-20-,32-29-,38-35+. The van der Waals surface area contributed by atoms with Gasteiger partial charge in [-0.3, -0.25) is 9.59 Å². The first-order chi connectivity index (χ1) is 27.5. The lowest BCUT2D eigenvalue weighted by Gasteiger charge is -2.24. The van der Waals surface area contributed by atoms with Crippen LogP contribution in [0.25, 0.3) is 0 Å². The zero-order valence-electron chi connectivity index (χ0n) is 36.8. The monoisotopic (exact) mass is 784 g/mol. The van der Waals surface area contributed by atoms with Gasteiger partial charge in [-0.05, 0) is 19.3 Å². The number of rotatable bonds is 41. The Morgan fingerprint density at radius 3 is 1.36 bits per heavy atom. The van der Waals surface area contributed by atoms with Crippen LogP contribution in [0.3, 0.4) is 0 Å². The molecule has 0 saturated carbocycles. The molecule has 0 bridgehead atoms. The Morgan fingerprint density at radius 2 is 0.929 bits per heavy atom. The van der Waals surface area contributed by atoms with E-state index in [0.717, 1.165) is 44.9 Å². The quantitative estimate of drug-likeness (QED) is 0.0326. The van der Waals surface area contributed by atoms with E-state index in [4.69, 9.17) is 4.74 Å². The van der Waals surface area contributed by atoms with Crippen molar-refractivity contribution >= 4 is 11.9 Å². The second-order valence-electron chi connectivity index (χ2n) is 15.9. The average Bonchev–Trinajstić information content (AvgIpc) is 3.19. The molecule has 56 heavy (non-hydrogen) atoms. The van der Waals surface area contributed by atoms with Crippen LogP contribution >= 0.6 is 0 Å². The average molecular weight is 784 g/mol. The third kappa shape index (κ3) is 38.4. The second kappa shape index (κ2) is 43.7. The third-order valence-electron chi connectivity index (χ3n) is 10.5. The van der Waals surface area contributed by atoms with Crippen molar-refractivity contribution in [1.29, 1.82) is 0 Å². The van der Waals surface area contributed by atoms with E-state index in [1.165, 1.54) is 128 Å². The molecule has 6 nitrogen and oxygen atoms in total. The van der Waals surface area contributed by atoms with Gasteiger partial charge < -0.3 is 20.3 Å². The molecule has 0 rings (SSSR count). The molecule has 1 amide bonds. The predicted octanol–water partition coefficient (Wildman–Crippen LogP) is 13.7. The number of ether oxygens (including phenoxy) is 1. The molecule has 0 spiro atoms. The highest BCUT2D eigenvalue weighted by Crippen LogP contribution is 2.16. The summed E-state index contributed by atoms with van der Waals surface area (Å²) in [5, 5.41) is 23.6. The molecule has 0 aromatic rings. The van der Waals surface area contributed by atoms with E-state index in [9.17, 15) is 19.8 Å². The van der Waals surface area contributed by atoms with Gasteiger partial charge in [-0.2, -0.15) is 0 Å². The Morgan fingerprint density at radius 1 is 0.536 bits per heavy atom. The highest BCUT2D eigenvalue weighted by atomic mass is 16.5. The smallest absolute Gasteiger partial charge is 0.306 e. The molecule has 3 unspecified atom stereocenters. The first-order valence-electron chi connectivity index (χ1n) is 23.6.